The van der Waals surface area contributed by atoms with Crippen LogP contribution in [0.2, 0.25) is 0 Å². The standard InChI is InChI=1S/C11H21ClN2O/c1-4-10(12)11(15)14(3)9-5-7-13(2)8-6-9/h9-10H,4-8H2,1-3H3/t10-/m0/s1. The summed E-state index contributed by atoms with van der Waals surface area (Å²) in [5.74, 6) is 0.0775. The summed E-state index contributed by atoms with van der Waals surface area (Å²) in [7, 11) is 4.00. The van der Waals surface area contributed by atoms with Crippen molar-refractivity contribution in [3.8, 4) is 0 Å². The molecule has 1 rings (SSSR count). The Hall–Kier alpha value is -0.280. The third kappa shape index (κ3) is 3.35. The summed E-state index contributed by atoms with van der Waals surface area (Å²) in [4.78, 5) is 16.0. The lowest BCUT2D eigenvalue weighted by Crippen LogP contribution is -2.46. The Morgan fingerprint density at radius 3 is 2.53 bits per heavy atom. The highest BCUT2D eigenvalue weighted by Crippen LogP contribution is 2.16. The number of rotatable bonds is 3. The van der Waals surface area contributed by atoms with E-state index in [1.807, 2.05) is 18.9 Å². The van der Waals surface area contributed by atoms with Gasteiger partial charge in [0.05, 0.1) is 0 Å². The molecule has 15 heavy (non-hydrogen) atoms. The number of piperidine rings is 1. The maximum atomic E-state index is 11.8. The molecule has 1 saturated heterocycles. The summed E-state index contributed by atoms with van der Waals surface area (Å²) in [6.07, 6.45) is 2.83. The summed E-state index contributed by atoms with van der Waals surface area (Å²) in [5, 5.41) is -0.352. The largest absolute Gasteiger partial charge is 0.341 e. The van der Waals surface area contributed by atoms with E-state index in [4.69, 9.17) is 11.6 Å². The van der Waals surface area contributed by atoms with Crippen LogP contribution in [0.1, 0.15) is 26.2 Å². The lowest BCUT2D eigenvalue weighted by atomic mass is 10.0. The summed E-state index contributed by atoms with van der Waals surface area (Å²) in [6, 6.07) is 0.376. The molecule has 0 aromatic heterocycles. The number of alkyl halides is 1. The van der Waals surface area contributed by atoms with Crippen molar-refractivity contribution in [2.75, 3.05) is 27.2 Å². The first kappa shape index (κ1) is 12.8. The van der Waals surface area contributed by atoms with Crippen LogP contribution in [-0.2, 0) is 4.79 Å². The normalized spacial score (nSPS) is 21.3. The zero-order valence-corrected chi connectivity index (χ0v) is 10.6. The molecular weight excluding hydrogens is 212 g/mol. The minimum atomic E-state index is -0.352. The van der Waals surface area contributed by atoms with Crippen LogP contribution in [0.4, 0.5) is 0 Å². The molecule has 1 aliphatic heterocycles. The van der Waals surface area contributed by atoms with E-state index >= 15 is 0 Å². The number of halogens is 1. The fourth-order valence-corrected chi connectivity index (χ4v) is 2.11. The van der Waals surface area contributed by atoms with Crippen LogP contribution in [0, 0.1) is 0 Å². The van der Waals surface area contributed by atoms with Gasteiger partial charge in [-0.1, -0.05) is 6.92 Å². The van der Waals surface area contributed by atoms with Gasteiger partial charge in [0.15, 0.2) is 0 Å². The molecule has 1 aliphatic rings. The lowest BCUT2D eigenvalue weighted by Gasteiger charge is -2.35. The van der Waals surface area contributed by atoms with Crippen molar-refractivity contribution in [1.29, 1.82) is 0 Å². The molecule has 0 radical (unpaired) electrons. The Labute approximate surface area is 97.4 Å². The van der Waals surface area contributed by atoms with Gasteiger partial charge in [0, 0.05) is 13.1 Å². The monoisotopic (exact) mass is 232 g/mol. The Balaban J connectivity index is 2.46. The van der Waals surface area contributed by atoms with Gasteiger partial charge in [-0.3, -0.25) is 4.79 Å². The van der Waals surface area contributed by atoms with Crippen molar-refractivity contribution in [3.05, 3.63) is 0 Å². The van der Waals surface area contributed by atoms with Gasteiger partial charge in [-0.05, 0) is 39.4 Å². The molecule has 3 nitrogen and oxygen atoms in total. The molecule has 4 heteroatoms. The first-order valence-corrected chi connectivity index (χ1v) is 6.09. The second-order valence-corrected chi connectivity index (χ2v) is 4.89. The van der Waals surface area contributed by atoms with E-state index in [1.54, 1.807) is 0 Å². The zero-order valence-electron chi connectivity index (χ0n) is 9.87. The van der Waals surface area contributed by atoms with Crippen molar-refractivity contribution in [3.63, 3.8) is 0 Å². The molecule has 0 aromatic carbocycles. The minimum absolute atomic E-state index is 0.0775. The molecule has 1 fully saturated rings. The Morgan fingerprint density at radius 1 is 1.53 bits per heavy atom. The van der Waals surface area contributed by atoms with E-state index in [1.165, 1.54) is 0 Å². The summed E-state index contributed by atoms with van der Waals surface area (Å²) >= 11 is 5.96. The molecule has 0 aliphatic carbocycles. The highest BCUT2D eigenvalue weighted by atomic mass is 35.5. The highest BCUT2D eigenvalue weighted by molar-refractivity contribution is 6.30. The zero-order chi connectivity index (χ0) is 11.4. The highest BCUT2D eigenvalue weighted by Gasteiger charge is 2.26. The van der Waals surface area contributed by atoms with E-state index in [-0.39, 0.29) is 11.3 Å². The lowest BCUT2D eigenvalue weighted by molar-refractivity contribution is -0.132. The van der Waals surface area contributed by atoms with Gasteiger partial charge >= 0.3 is 0 Å². The van der Waals surface area contributed by atoms with Crippen LogP contribution >= 0.6 is 11.6 Å². The van der Waals surface area contributed by atoms with Crippen molar-refractivity contribution in [1.82, 2.24) is 9.80 Å². The summed E-state index contributed by atoms with van der Waals surface area (Å²) in [5.41, 5.74) is 0. The number of likely N-dealkylation sites (tertiary alicyclic amines) is 1. The van der Waals surface area contributed by atoms with Gasteiger partial charge in [0.2, 0.25) is 5.91 Å². The molecular formula is C11H21ClN2O. The van der Waals surface area contributed by atoms with E-state index < -0.39 is 0 Å². The molecule has 1 amide bonds. The molecule has 0 aromatic rings. The third-order valence-electron chi connectivity index (χ3n) is 3.21. The molecule has 0 bridgehead atoms. The van der Waals surface area contributed by atoms with E-state index in [0.29, 0.717) is 12.5 Å². The van der Waals surface area contributed by atoms with E-state index in [0.717, 1.165) is 25.9 Å². The second-order valence-electron chi connectivity index (χ2n) is 4.36. The average Bonchev–Trinajstić information content (AvgIpc) is 2.27. The Bertz CT molecular complexity index is 215. The number of carbonyl (C=O) groups excluding carboxylic acids is 1. The maximum Gasteiger partial charge on any atom is 0.240 e. The fraction of sp³-hybridized carbons (Fsp3) is 0.909. The van der Waals surface area contributed by atoms with Crippen molar-refractivity contribution >= 4 is 17.5 Å². The van der Waals surface area contributed by atoms with Gasteiger partial charge in [0.1, 0.15) is 5.38 Å². The van der Waals surface area contributed by atoms with Gasteiger partial charge in [0.25, 0.3) is 0 Å². The number of hydrogen-bond acceptors (Lipinski definition) is 2. The summed E-state index contributed by atoms with van der Waals surface area (Å²) in [6.45, 7) is 4.08. The first-order chi connectivity index (χ1) is 7.06. The van der Waals surface area contributed by atoms with E-state index in [9.17, 15) is 4.79 Å². The molecule has 0 saturated carbocycles. The average molecular weight is 233 g/mol. The van der Waals surface area contributed by atoms with Crippen LogP contribution in [-0.4, -0.2) is 54.3 Å². The van der Waals surface area contributed by atoms with Crippen molar-refractivity contribution in [2.24, 2.45) is 0 Å². The molecule has 1 heterocycles. The predicted octanol–water partition coefficient (Wildman–Crippen LogP) is 1.56. The van der Waals surface area contributed by atoms with Crippen LogP contribution in [0.5, 0.6) is 0 Å². The minimum Gasteiger partial charge on any atom is -0.341 e. The molecule has 0 unspecified atom stereocenters. The molecule has 88 valence electrons. The Morgan fingerprint density at radius 2 is 2.07 bits per heavy atom. The van der Waals surface area contributed by atoms with E-state index in [2.05, 4.69) is 11.9 Å². The van der Waals surface area contributed by atoms with Gasteiger partial charge in [-0.25, -0.2) is 0 Å². The van der Waals surface area contributed by atoms with Gasteiger partial charge in [-0.2, -0.15) is 0 Å². The fourth-order valence-electron chi connectivity index (χ4n) is 1.96. The van der Waals surface area contributed by atoms with Crippen LogP contribution in [0.15, 0.2) is 0 Å². The molecule has 0 N–H and O–H groups in total. The predicted molar refractivity (Wildman–Crippen MR) is 63.2 cm³/mol. The van der Waals surface area contributed by atoms with Gasteiger partial charge in [-0.15, -0.1) is 11.6 Å². The maximum absolute atomic E-state index is 11.8. The van der Waals surface area contributed by atoms with Crippen LogP contribution in [0.25, 0.3) is 0 Å². The SMILES string of the molecule is CC[C@H](Cl)C(=O)N(C)C1CCN(C)CC1. The number of carbonyl (C=O) groups is 1. The van der Waals surface area contributed by atoms with Gasteiger partial charge < -0.3 is 9.80 Å². The second kappa shape index (κ2) is 5.71. The van der Waals surface area contributed by atoms with Crippen molar-refractivity contribution < 1.29 is 4.79 Å². The quantitative estimate of drug-likeness (QED) is 0.690. The third-order valence-corrected chi connectivity index (χ3v) is 3.71. The number of nitrogens with zero attached hydrogens (tertiary/aromatic N) is 2. The van der Waals surface area contributed by atoms with Crippen LogP contribution in [0.3, 0.4) is 0 Å². The first-order valence-electron chi connectivity index (χ1n) is 5.65. The molecule has 0 spiro atoms. The molecule has 1 atom stereocenters. The topological polar surface area (TPSA) is 23.6 Å². The summed E-state index contributed by atoms with van der Waals surface area (Å²) < 4.78 is 0. The van der Waals surface area contributed by atoms with Crippen LogP contribution < -0.4 is 0 Å². The number of hydrogen-bond donors (Lipinski definition) is 0. The smallest absolute Gasteiger partial charge is 0.240 e. The number of amides is 1. The van der Waals surface area contributed by atoms with Crippen molar-refractivity contribution in [2.45, 2.75) is 37.6 Å². The Kier molecular flexibility index (Phi) is 4.87.